The van der Waals surface area contributed by atoms with Crippen LogP contribution in [0.3, 0.4) is 0 Å². The molecular formula is C15H16N2O4S. The number of carbonyl (C=O) groups excluding carboxylic acids is 1. The van der Waals surface area contributed by atoms with Gasteiger partial charge in [0.25, 0.3) is 5.91 Å². The first-order valence-corrected chi connectivity index (χ1v) is 7.97. The maximum atomic E-state index is 12.2. The summed E-state index contributed by atoms with van der Waals surface area (Å²) < 4.78 is 27.6. The van der Waals surface area contributed by atoms with Crippen molar-refractivity contribution in [2.75, 3.05) is 12.4 Å². The number of carbonyl (C=O) groups is 1. The molecule has 0 spiro atoms. The molecule has 0 aliphatic carbocycles. The van der Waals surface area contributed by atoms with Crippen molar-refractivity contribution in [1.82, 2.24) is 0 Å². The Hall–Kier alpha value is -2.22. The molecular weight excluding hydrogens is 304 g/mol. The summed E-state index contributed by atoms with van der Waals surface area (Å²) in [5.41, 5.74) is 1.68. The highest BCUT2D eigenvalue weighted by Crippen LogP contribution is 2.16. The van der Waals surface area contributed by atoms with Gasteiger partial charge in [-0.2, -0.15) is 0 Å². The van der Waals surface area contributed by atoms with Gasteiger partial charge in [0.05, 0.1) is 11.5 Å². The summed E-state index contributed by atoms with van der Waals surface area (Å²) in [5, 5.41) is 7.71. The average molecular weight is 320 g/mol. The van der Waals surface area contributed by atoms with E-state index in [9.17, 15) is 13.2 Å². The Balaban J connectivity index is 2.20. The fourth-order valence-electron chi connectivity index (χ4n) is 1.92. The lowest BCUT2D eigenvalue weighted by molar-refractivity contribution is 0.102. The first-order valence-electron chi connectivity index (χ1n) is 6.42. The first-order chi connectivity index (χ1) is 10.4. The number of primary sulfonamides is 1. The van der Waals surface area contributed by atoms with Gasteiger partial charge in [-0.05, 0) is 35.9 Å². The number of benzene rings is 2. The molecule has 0 aliphatic rings. The van der Waals surface area contributed by atoms with Gasteiger partial charge in [-0.15, -0.1) is 0 Å². The topological polar surface area (TPSA) is 98.5 Å². The van der Waals surface area contributed by atoms with Crippen LogP contribution in [-0.4, -0.2) is 21.4 Å². The molecule has 0 bridgehead atoms. The van der Waals surface area contributed by atoms with Crippen LogP contribution in [0, 0.1) is 0 Å². The SMILES string of the molecule is COCc1cccc(C(=O)Nc2cccc(S(N)(=O)=O)c2)c1. The second kappa shape index (κ2) is 6.69. The Labute approximate surface area is 129 Å². The molecule has 0 saturated carbocycles. The third kappa shape index (κ3) is 4.14. The Morgan fingerprint density at radius 3 is 2.59 bits per heavy atom. The van der Waals surface area contributed by atoms with Gasteiger partial charge in [0.2, 0.25) is 10.0 Å². The van der Waals surface area contributed by atoms with Crippen molar-refractivity contribution < 1.29 is 17.9 Å². The molecule has 2 rings (SSSR count). The second-order valence-electron chi connectivity index (χ2n) is 4.66. The van der Waals surface area contributed by atoms with E-state index in [4.69, 9.17) is 9.88 Å². The van der Waals surface area contributed by atoms with Gasteiger partial charge in [0.1, 0.15) is 0 Å². The summed E-state index contributed by atoms with van der Waals surface area (Å²) in [5.74, 6) is -0.343. The number of nitrogens with one attached hydrogen (secondary N) is 1. The summed E-state index contributed by atoms with van der Waals surface area (Å²) in [7, 11) is -2.23. The molecule has 0 heterocycles. The van der Waals surface area contributed by atoms with Crippen molar-refractivity contribution >= 4 is 21.6 Å². The molecule has 0 radical (unpaired) electrons. The van der Waals surface area contributed by atoms with Crippen LogP contribution in [0.25, 0.3) is 0 Å². The lowest BCUT2D eigenvalue weighted by Crippen LogP contribution is -2.15. The second-order valence-corrected chi connectivity index (χ2v) is 6.22. The largest absolute Gasteiger partial charge is 0.380 e. The van der Waals surface area contributed by atoms with E-state index in [2.05, 4.69) is 5.32 Å². The van der Waals surface area contributed by atoms with E-state index in [0.717, 1.165) is 5.56 Å². The fraction of sp³-hybridized carbons (Fsp3) is 0.133. The zero-order valence-corrected chi connectivity index (χ0v) is 12.8. The van der Waals surface area contributed by atoms with Gasteiger partial charge >= 0.3 is 0 Å². The van der Waals surface area contributed by atoms with Crippen LogP contribution in [-0.2, 0) is 21.4 Å². The molecule has 0 saturated heterocycles. The normalized spacial score (nSPS) is 11.2. The molecule has 0 aliphatic heterocycles. The molecule has 0 atom stereocenters. The number of rotatable bonds is 5. The Kier molecular flexibility index (Phi) is 4.92. The first kappa shape index (κ1) is 16.2. The summed E-state index contributed by atoms with van der Waals surface area (Å²) >= 11 is 0. The molecule has 6 nitrogen and oxygen atoms in total. The lowest BCUT2D eigenvalue weighted by Gasteiger charge is -2.08. The van der Waals surface area contributed by atoms with Crippen LogP contribution >= 0.6 is 0 Å². The zero-order chi connectivity index (χ0) is 16.2. The number of ether oxygens (including phenoxy) is 1. The van der Waals surface area contributed by atoms with Crippen molar-refractivity contribution in [2.45, 2.75) is 11.5 Å². The summed E-state index contributed by atoms with van der Waals surface area (Å²) in [6.07, 6.45) is 0. The minimum absolute atomic E-state index is 0.0570. The number of sulfonamides is 1. The minimum atomic E-state index is -3.81. The molecule has 1 amide bonds. The number of nitrogens with two attached hydrogens (primary N) is 1. The minimum Gasteiger partial charge on any atom is -0.380 e. The lowest BCUT2D eigenvalue weighted by atomic mass is 10.1. The van der Waals surface area contributed by atoms with E-state index in [1.165, 1.54) is 18.2 Å². The van der Waals surface area contributed by atoms with E-state index in [1.807, 2.05) is 6.07 Å². The Morgan fingerprint density at radius 1 is 1.18 bits per heavy atom. The summed E-state index contributed by atoms with van der Waals surface area (Å²) in [6, 6.07) is 12.8. The molecule has 7 heteroatoms. The monoisotopic (exact) mass is 320 g/mol. The van der Waals surface area contributed by atoms with Crippen LogP contribution in [0.4, 0.5) is 5.69 Å². The standard InChI is InChI=1S/C15H16N2O4S/c1-21-10-11-4-2-5-12(8-11)15(18)17-13-6-3-7-14(9-13)22(16,19)20/h2-9H,10H2,1H3,(H,17,18)(H2,16,19,20). The fourth-order valence-corrected chi connectivity index (χ4v) is 2.48. The molecule has 22 heavy (non-hydrogen) atoms. The Bertz CT molecular complexity index is 788. The smallest absolute Gasteiger partial charge is 0.255 e. The van der Waals surface area contributed by atoms with Crippen LogP contribution in [0.5, 0.6) is 0 Å². The average Bonchev–Trinajstić information content (AvgIpc) is 2.47. The van der Waals surface area contributed by atoms with Gasteiger partial charge in [-0.1, -0.05) is 18.2 Å². The van der Waals surface area contributed by atoms with E-state index >= 15 is 0 Å². The number of methoxy groups -OCH3 is 1. The predicted octanol–water partition coefficient (Wildman–Crippen LogP) is 1.73. The van der Waals surface area contributed by atoms with Crippen molar-refractivity contribution in [1.29, 1.82) is 0 Å². The molecule has 2 aromatic carbocycles. The third-order valence-electron chi connectivity index (χ3n) is 2.92. The maximum absolute atomic E-state index is 12.2. The van der Waals surface area contributed by atoms with Crippen molar-refractivity contribution in [3.63, 3.8) is 0 Å². The van der Waals surface area contributed by atoms with E-state index < -0.39 is 10.0 Å². The van der Waals surface area contributed by atoms with Crippen molar-refractivity contribution in [2.24, 2.45) is 5.14 Å². The highest BCUT2D eigenvalue weighted by molar-refractivity contribution is 7.89. The van der Waals surface area contributed by atoms with Gasteiger partial charge in [0.15, 0.2) is 0 Å². The van der Waals surface area contributed by atoms with Crippen LogP contribution in [0.2, 0.25) is 0 Å². The van der Waals surface area contributed by atoms with E-state index in [0.29, 0.717) is 17.9 Å². The molecule has 2 aromatic rings. The van der Waals surface area contributed by atoms with Gasteiger partial charge in [0, 0.05) is 18.4 Å². The molecule has 116 valence electrons. The van der Waals surface area contributed by atoms with E-state index in [-0.39, 0.29) is 10.8 Å². The van der Waals surface area contributed by atoms with Gasteiger partial charge in [-0.25, -0.2) is 13.6 Å². The molecule has 0 unspecified atom stereocenters. The van der Waals surface area contributed by atoms with Crippen molar-refractivity contribution in [3.8, 4) is 0 Å². The molecule has 0 fully saturated rings. The van der Waals surface area contributed by atoms with E-state index in [1.54, 1.807) is 31.4 Å². The van der Waals surface area contributed by atoms with Crippen molar-refractivity contribution in [3.05, 3.63) is 59.7 Å². The predicted molar refractivity (Wildman–Crippen MR) is 82.9 cm³/mol. The summed E-state index contributed by atoms with van der Waals surface area (Å²) in [6.45, 7) is 0.405. The molecule has 0 aromatic heterocycles. The van der Waals surface area contributed by atoms with Gasteiger partial charge < -0.3 is 10.1 Å². The quantitative estimate of drug-likeness (QED) is 0.876. The zero-order valence-electron chi connectivity index (χ0n) is 11.9. The highest BCUT2D eigenvalue weighted by Gasteiger charge is 2.11. The van der Waals surface area contributed by atoms with Crippen LogP contribution in [0.1, 0.15) is 15.9 Å². The summed E-state index contributed by atoms with van der Waals surface area (Å²) in [4.78, 5) is 12.1. The van der Waals surface area contributed by atoms with Crippen LogP contribution < -0.4 is 10.5 Å². The van der Waals surface area contributed by atoms with Crippen LogP contribution in [0.15, 0.2) is 53.4 Å². The molecule has 3 N–H and O–H groups in total. The maximum Gasteiger partial charge on any atom is 0.255 e. The number of hydrogen-bond donors (Lipinski definition) is 2. The number of anilines is 1. The number of amides is 1. The third-order valence-corrected chi connectivity index (χ3v) is 3.83. The van der Waals surface area contributed by atoms with Gasteiger partial charge in [-0.3, -0.25) is 4.79 Å². The number of hydrogen-bond acceptors (Lipinski definition) is 4. The Morgan fingerprint density at radius 2 is 1.91 bits per heavy atom. The highest BCUT2D eigenvalue weighted by atomic mass is 32.2.